The molecule has 0 saturated heterocycles. The standard InChI is InChI=1S/C11H20N2O/c1-5-7-11(10(2)3)13-14-9-6-8-12-4/h10,12H,6,8-9H2,1-4H3/b13-11+. The van der Waals surface area contributed by atoms with Crippen LogP contribution in [0.4, 0.5) is 0 Å². The highest BCUT2D eigenvalue weighted by Crippen LogP contribution is 1.97. The quantitative estimate of drug-likeness (QED) is 0.303. The Hall–Kier alpha value is -1.01. The second-order valence-corrected chi connectivity index (χ2v) is 3.30. The van der Waals surface area contributed by atoms with E-state index in [4.69, 9.17) is 4.84 Å². The predicted octanol–water partition coefficient (Wildman–Crippen LogP) is 1.65. The first kappa shape index (κ1) is 13.0. The number of hydrogen-bond donors (Lipinski definition) is 1. The van der Waals surface area contributed by atoms with Crippen molar-refractivity contribution in [1.82, 2.24) is 5.32 Å². The van der Waals surface area contributed by atoms with Crippen LogP contribution in [0.2, 0.25) is 0 Å². The molecule has 0 aliphatic carbocycles. The minimum Gasteiger partial charge on any atom is -0.395 e. The van der Waals surface area contributed by atoms with Gasteiger partial charge in [0.15, 0.2) is 0 Å². The Labute approximate surface area is 86.9 Å². The lowest BCUT2D eigenvalue weighted by Gasteiger charge is -2.03. The van der Waals surface area contributed by atoms with Crippen molar-refractivity contribution >= 4 is 5.71 Å². The summed E-state index contributed by atoms with van der Waals surface area (Å²) in [6, 6.07) is 0. The van der Waals surface area contributed by atoms with E-state index < -0.39 is 0 Å². The van der Waals surface area contributed by atoms with Gasteiger partial charge in [-0.2, -0.15) is 0 Å². The van der Waals surface area contributed by atoms with Crippen LogP contribution in [0.3, 0.4) is 0 Å². The van der Waals surface area contributed by atoms with E-state index in [1.165, 1.54) is 0 Å². The van der Waals surface area contributed by atoms with Crippen molar-refractivity contribution in [2.24, 2.45) is 11.1 Å². The first-order chi connectivity index (χ1) is 6.72. The average molecular weight is 196 g/mol. The number of hydrogen-bond acceptors (Lipinski definition) is 3. The largest absolute Gasteiger partial charge is 0.395 e. The van der Waals surface area contributed by atoms with E-state index in [-0.39, 0.29) is 0 Å². The van der Waals surface area contributed by atoms with Crippen LogP contribution >= 0.6 is 0 Å². The molecule has 0 aromatic heterocycles. The fourth-order valence-corrected chi connectivity index (χ4v) is 0.829. The smallest absolute Gasteiger partial charge is 0.132 e. The zero-order chi connectivity index (χ0) is 10.8. The maximum absolute atomic E-state index is 5.16. The fourth-order valence-electron chi connectivity index (χ4n) is 0.829. The maximum Gasteiger partial charge on any atom is 0.132 e. The molecule has 3 heteroatoms. The summed E-state index contributed by atoms with van der Waals surface area (Å²) >= 11 is 0. The van der Waals surface area contributed by atoms with E-state index in [0.717, 1.165) is 18.7 Å². The second kappa shape index (κ2) is 8.58. The number of oxime groups is 1. The Balaban J connectivity index is 3.84. The van der Waals surface area contributed by atoms with Gasteiger partial charge in [0.1, 0.15) is 12.3 Å². The van der Waals surface area contributed by atoms with E-state index >= 15 is 0 Å². The van der Waals surface area contributed by atoms with E-state index in [2.05, 4.69) is 36.2 Å². The van der Waals surface area contributed by atoms with Gasteiger partial charge in [-0.3, -0.25) is 0 Å². The maximum atomic E-state index is 5.16. The fraction of sp³-hybridized carbons (Fsp3) is 0.727. The molecule has 0 atom stereocenters. The lowest BCUT2D eigenvalue weighted by Crippen LogP contribution is -2.10. The Morgan fingerprint density at radius 3 is 2.71 bits per heavy atom. The molecule has 0 unspecified atom stereocenters. The molecule has 0 spiro atoms. The number of rotatable bonds is 6. The van der Waals surface area contributed by atoms with Gasteiger partial charge in [0.05, 0.1) is 0 Å². The molecule has 0 rings (SSSR count). The van der Waals surface area contributed by atoms with Gasteiger partial charge in [0, 0.05) is 5.92 Å². The van der Waals surface area contributed by atoms with Crippen molar-refractivity contribution in [1.29, 1.82) is 0 Å². The highest BCUT2D eigenvalue weighted by molar-refractivity contribution is 6.01. The van der Waals surface area contributed by atoms with Gasteiger partial charge in [-0.15, -0.1) is 0 Å². The third kappa shape index (κ3) is 6.50. The molecule has 0 heterocycles. The summed E-state index contributed by atoms with van der Waals surface area (Å²) in [6.07, 6.45) is 0.963. The number of nitrogens with zero attached hydrogens (tertiary/aromatic N) is 1. The summed E-state index contributed by atoms with van der Waals surface area (Å²) in [6.45, 7) is 7.51. The lowest BCUT2D eigenvalue weighted by atomic mass is 10.1. The van der Waals surface area contributed by atoms with Crippen molar-refractivity contribution in [3.8, 4) is 11.8 Å². The van der Waals surface area contributed by atoms with Crippen LogP contribution in [-0.2, 0) is 4.84 Å². The van der Waals surface area contributed by atoms with Crippen LogP contribution in [0.25, 0.3) is 0 Å². The Morgan fingerprint density at radius 1 is 1.50 bits per heavy atom. The van der Waals surface area contributed by atoms with Gasteiger partial charge in [-0.1, -0.05) is 24.9 Å². The van der Waals surface area contributed by atoms with E-state index in [1.54, 1.807) is 6.92 Å². The minimum atomic E-state index is 0.326. The normalized spacial score (nSPS) is 11.1. The molecule has 0 saturated carbocycles. The van der Waals surface area contributed by atoms with Crippen molar-refractivity contribution in [3.05, 3.63) is 0 Å². The molecule has 3 nitrogen and oxygen atoms in total. The summed E-state index contributed by atoms with van der Waals surface area (Å²) in [5, 5.41) is 7.05. The number of nitrogens with one attached hydrogen (secondary N) is 1. The second-order valence-electron chi connectivity index (χ2n) is 3.30. The third-order valence-electron chi connectivity index (χ3n) is 1.63. The molecule has 0 aromatic carbocycles. The molecule has 14 heavy (non-hydrogen) atoms. The van der Waals surface area contributed by atoms with Gasteiger partial charge in [-0.25, -0.2) is 0 Å². The summed E-state index contributed by atoms with van der Waals surface area (Å²) in [7, 11) is 1.92. The first-order valence-electron chi connectivity index (χ1n) is 4.99. The molecule has 0 aliphatic heterocycles. The molecule has 0 radical (unpaired) electrons. The van der Waals surface area contributed by atoms with Gasteiger partial charge in [0.2, 0.25) is 0 Å². The van der Waals surface area contributed by atoms with E-state index in [9.17, 15) is 0 Å². The monoisotopic (exact) mass is 196 g/mol. The lowest BCUT2D eigenvalue weighted by molar-refractivity contribution is 0.141. The SMILES string of the molecule is CC#C/C(=N\OCCCNC)C(C)C. The molecule has 0 amide bonds. The highest BCUT2D eigenvalue weighted by Gasteiger charge is 2.01. The van der Waals surface area contributed by atoms with Crippen molar-refractivity contribution < 1.29 is 4.84 Å². The van der Waals surface area contributed by atoms with Crippen molar-refractivity contribution in [2.75, 3.05) is 20.2 Å². The Bertz CT molecular complexity index is 223. The van der Waals surface area contributed by atoms with Gasteiger partial charge >= 0.3 is 0 Å². The zero-order valence-electron chi connectivity index (χ0n) is 9.55. The van der Waals surface area contributed by atoms with E-state index in [1.807, 2.05) is 7.05 Å². The first-order valence-corrected chi connectivity index (χ1v) is 4.99. The van der Waals surface area contributed by atoms with Crippen molar-refractivity contribution in [2.45, 2.75) is 27.2 Å². The average Bonchev–Trinajstić information content (AvgIpc) is 2.15. The third-order valence-corrected chi connectivity index (χ3v) is 1.63. The van der Waals surface area contributed by atoms with Crippen LogP contribution in [0, 0.1) is 17.8 Å². The van der Waals surface area contributed by atoms with Gasteiger partial charge < -0.3 is 10.2 Å². The van der Waals surface area contributed by atoms with Crippen molar-refractivity contribution in [3.63, 3.8) is 0 Å². The summed E-state index contributed by atoms with van der Waals surface area (Å²) in [5.74, 6) is 6.09. The molecule has 80 valence electrons. The Morgan fingerprint density at radius 2 is 2.21 bits per heavy atom. The van der Waals surface area contributed by atoms with E-state index in [0.29, 0.717) is 12.5 Å². The van der Waals surface area contributed by atoms with Crippen LogP contribution in [0.1, 0.15) is 27.2 Å². The predicted molar refractivity (Wildman–Crippen MR) is 60.2 cm³/mol. The topological polar surface area (TPSA) is 33.6 Å². The van der Waals surface area contributed by atoms with Crippen LogP contribution < -0.4 is 5.32 Å². The van der Waals surface area contributed by atoms with Gasteiger partial charge in [0.25, 0.3) is 0 Å². The summed E-state index contributed by atoms with van der Waals surface area (Å²) in [4.78, 5) is 5.16. The summed E-state index contributed by atoms with van der Waals surface area (Å²) in [5.41, 5.74) is 0.817. The summed E-state index contributed by atoms with van der Waals surface area (Å²) < 4.78 is 0. The highest BCUT2D eigenvalue weighted by atomic mass is 16.6. The molecular weight excluding hydrogens is 176 g/mol. The molecule has 0 bridgehead atoms. The zero-order valence-corrected chi connectivity index (χ0v) is 9.55. The van der Waals surface area contributed by atoms with Gasteiger partial charge in [-0.05, 0) is 32.9 Å². The van der Waals surface area contributed by atoms with Crippen LogP contribution in [0.5, 0.6) is 0 Å². The van der Waals surface area contributed by atoms with Crippen LogP contribution in [0.15, 0.2) is 5.16 Å². The minimum absolute atomic E-state index is 0.326. The molecule has 1 N–H and O–H groups in total. The molecule has 0 fully saturated rings. The molecular formula is C11H20N2O. The molecule has 0 aromatic rings. The Kier molecular flexibility index (Phi) is 7.96. The van der Waals surface area contributed by atoms with Crippen LogP contribution in [-0.4, -0.2) is 25.9 Å². The molecule has 0 aliphatic rings.